The molecule has 0 radical (unpaired) electrons. The molecule has 0 aromatic heterocycles. The van der Waals surface area contributed by atoms with E-state index in [1.807, 2.05) is 13.8 Å². The first-order valence-electron chi connectivity index (χ1n) is 5.77. The van der Waals surface area contributed by atoms with Crippen LogP contribution in [0.25, 0.3) is 0 Å². The SMILES string of the molecule is CC(C)NC(=O)NCC1(C)CCCNC1. The minimum Gasteiger partial charge on any atom is -0.338 e. The van der Waals surface area contributed by atoms with E-state index in [1.165, 1.54) is 12.8 Å². The Morgan fingerprint density at radius 2 is 2.27 bits per heavy atom. The van der Waals surface area contributed by atoms with Crippen LogP contribution in [-0.2, 0) is 0 Å². The van der Waals surface area contributed by atoms with Crippen molar-refractivity contribution < 1.29 is 4.79 Å². The second-order valence-electron chi connectivity index (χ2n) is 5.07. The van der Waals surface area contributed by atoms with Crippen molar-refractivity contribution in [1.29, 1.82) is 0 Å². The van der Waals surface area contributed by atoms with Gasteiger partial charge in [0, 0.05) is 19.1 Å². The van der Waals surface area contributed by atoms with E-state index in [2.05, 4.69) is 22.9 Å². The molecular formula is C11H23N3O. The van der Waals surface area contributed by atoms with Gasteiger partial charge in [-0.15, -0.1) is 0 Å². The third-order valence-electron chi connectivity index (χ3n) is 2.78. The maximum absolute atomic E-state index is 11.4. The van der Waals surface area contributed by atoms with Crippen LogP contribution in [0.3, 0.4) is 0 Å². The quantitative estimate of drug-likeness (QED) is 0.657. The molecule has 1 saturated heterocycles. The molecule has 4 nitrogen and oxygen atoms in total. The molecule has 1 atom stereocenters. The average Bonchev–Trinajstić information content (AvgIpc) is 2.15. The summed E-state index contributed by atoms with van der Waals surface area (Å²) in [5.41, 5.74) is 0.215. The Morgan fingerprint density at radius 3 is 2.80 bits per heavy atom. The third-order valence-corrected chi connectivity index (χ3v) is 2.78. The van der Waals surface area contributed by atoms with Crippen molar-refractivity contribution in [2.75, 3.05) is 19.6 Å². The molecule has 1 fully saturated rings. The van der Waals surface area contributed by atoms with Crippen molar-refractivity contribution in [3.63, 3.8) is 0 Å². The lowest BCUT2D eigenvalue weighted by molar-refractivity contribution is 0.210. The highest BCUT2D eigenvalue weighted by Gasteiger charge is 2.26. The predicted molar refractivity (Wildman–Crippen MR) is 61.9 cm³/mol. The maximum Gasteiger partial charge on any atom is 0.315 e. The minimum absolute atomic E-state index is 0.0585. The van der Waals surface area contributed by atoms with Crippen molar-refractivity contribution in [3.8, 4) is 0 Å². The van der Waals surface area contributed by atoms with Gasteiger partial charge in [0.05, 0.1) is 0 Å². The van der Waals surface area contributed by atoms with Gasteiger partial charge in [-0.05, 0) is 38.6 Å². The lowest BCUT2D eigenvalue weighted by Crippen LogP contribution is -2.48. The molecule has 0 aromatic rings. The second-order valence-corrected chi connectivity index (χ2v) is 5.07. The summed E-state index contributed by atoms with van der Waals surface area (Å²) >= 11 is 0. The van der Waals surface area contributed by atoms with Gasteiger partial charge < -0.3 is 16.0 Å². The van der Waals surface area contributed by atoms with Crippen molar-refractivity contribution in [2.45, 2.75) is 39.7 Å². The van der Waals surface area contributed by atoms with Crippen molar-refractivity contribution in [2.24, 2.45) is 5.41 Å². The Kier molecular flexibility index (Phi) is 4.39. The third kappa shape index (κ3) is 4.51. The Hall–Kier alpha value is -0.770. The first-order chi connectivity index (χ1) is 7.02. The molecule has 15 heavy (non-hydrogen) atoms. The fraction of sp³-hybridized carbons (Fsp3) is 0.909. The Labute approximate surface area is 92.2 Å². The molecule has 1 aliphatic rings. The summed E-state index contributed by atoms with van der Waals surface area (Å²) in [6, 6.07) is 0.138. The van der Waals surface area contributed by atoms with Crippen LogP contribution >= 0.6 is 0 Å². The largest absolute Gasteiger partial charge is 0.338 e. The predicted octanol–water partition coefficient (Wildman–Crippen LogP) is 1.08. The zero-order valence-corrected chi connectivity index (χ0v) is 10.0. The number of carbonyl (C=O) groups is 1. The fourth-order valence-corrected chi connectivity index (χ4v) is 1.88. The van der Waals surface area contributed by atoms with E-state index >= 15 is 0 Å². The van der Waals surface area contributed by atoms with E-state index in [4.69, 9.17) is 0 Å². The molecule has 1 unspecified atom stereocenters. The maximum atomic E-state index is 11.4. The molecule has 3 N–H and O–H groups in total. The summed E-state index contributed by atoms with van der Waals surface area (Å²) in [4.78, 5) is 11.4. The summed E-state index contributed by atoms with van der Waals surface area (Å²) in [7, 11) is 0. The number of amides is 2. The molecule has 0 saturated carbocycles. The molecule has 88 valence electrons. The Bertz CT molecular complexity index is 210. The van der Waals surface area contributed by atoms with Crippen LogP contribution in [-0.4, -0.2) is 31.7 Å². The number of piperidine rings is 1. The van der Waals surface area contributed by atoms with Gasteiger partial charge >= 0.3 is 6.03 Å². The molecule has 1 rings (SSSR count). The number of rotatable bonds is 3. The highest BCUT2D eigenvalue weighted by molar-refractivity contribution is 5.74. The number of hydrogen-bond acceptors (Lipinski definition) is 2. The highest BCUT2D eigenvalue weighted by Crippen LogP contribution is 2.23. The molecule has 1 aliphatic heterocycles. The number of hydrogen-bond donors (Lipinski definition) is 3. The van der Waals surface area contributed by atoms with E-state index in [-0.39, 0.29) is 17.5 Å². The lowest BCUT2D eigenvalue weighted by Gasteiger charge is -2.34. The monoisotopic (exact) mass is 213 g/mol. The van der Waals surface area contributed by atoms with Crippen LogP contribution < -0.4 is 16.0 Å². The van der Waals surface area contributed by atoms with Crippen LogP contribution in [0.1, 0.15) is 33.6 Å². The van der Waals surface area contributed by atoms with E-state index in [9.17, 15) is 4.79 Å². The van der Waals surface area contributed by atoms with Gasteiger partial charge in [0.25, 0.3) is 0 Å². The second kappa shape index (κ2) is 5.35. The summed E-state index contributed by atoms with van der Waals surface area (Å²) in [6.07, 6.45) is 2.38. The van der Waals surface area contributed by atoms with Crippen LogP contribution in [0.2, 0.25) is 0 Å². The zero-order valence-electron chi connectivity index (χ0n) is 10.0. The van der Waals surface area contributed by atoms with Gasteiger partial charge in [-0.3, -0.25) is 0 Å². The summed E-state index contributed by atoms with van der Waals surface area (Å²) < 4.78 is 0. The van der Waals surface area contributed by atoms with Crippen molar-refractivity contribution >= 4 is 6.03 Å². The smallest absolute Gasteiger partial charge is 0.315 e. The average molecular weight is 213 g/mol. The fourth-order valence-electron chi connectivity index (χ4n) is 1.88. The van der Waals surface area contributed by atoms with Gasteiger partial charge in [-0.1, -0.05) is 6.92 Å². The summed E-state index contributed by atoms with van der Waals surface area (Å²) in [6.45, 7) is 8.99. The first-order valence-corrected chi connectivity index (χ1v) is 5.77. The molecule has 0 aromatic carbocycles. The zero-order chi connectivity index (χ0) is 11.3. The van der Waals surface area contributed by atoms with Crippen molar-refractivity contribution in [3.05, 3.63) is 0 Å². The molecule has 2 amide bonds. The molecular weight excluding hydrogens is 190 g/mol. The molecule has 4 heteroatoms. The highest BCUT2D eigenvalue weighted by atomic mass is 16.2. The van der Waals surface area contributed by atoms with E-state index in [0.717, 1.165) is 19.6 Å². The first kappa shape index (κ1) is 12.3. The van der Waals surface area contributed by atoms with Crippen molar-refractivity contribution in [1.82, 2.24) is 16.0 Å². The number of nitrogens with one attached hydrogen (secondary N) is 3. The van der Waals surface area contributed by atoms with E-state index < -0.39 is 0 Å². The standard InChI is InChI=1S/C11H23N3O/c1-9(2)14-10(15)13-8-11(3)5-4-6-12-7-11/h9,12H,4-8H2,1-3H3,(H2,13,14,15). The van der Waals surface area contributed by atoms with Crippen LogP contribution in [0, 0.1) is 5.41 Å². The Morgan fingerprint density at radius 1 is 1.53 bits per heavy atom. The normalized spacial score (nSPS) is 26.4. The van der Waals surface area contributed by atoms with E-state index in [1.54, 1.807) is 0 Å². The molecule has 0 aliphatic carbocycles. The summed E-state index contributed by atoms with van der Waals surface area (Å²) in [5, 5.41) is 9.13. The Balaban J connectivity index is 2.25. The van der Waals surface area contributed by atoms with Gasteiger partial charge in [0.2, 0.25) is 0 Å². The summed E-state index contributed by atoms with van der Waals surface area (Å²) in [5.74, 6) is 0. The van der Waals surface area contributed by atoms with Crippen LogP contribution in [0.5, 0.6) is 0 Å². The number of carbonyl (C=O) groups excluding carboxylic acids is 1. The van der Waals surface area contributed by atoms with Crippen LogP contribution in [0.15, 0.2) is 0 Å². The van der Waals surface area contributed by atoms with Crippen LogP contribution in [0.4, 0.5) is 4.79 Å². The topological polar surface area (TPSA) is 53.2 Å². The van der Waals surface area contributed by atoms with E-state index in [0.29, 0.717) is 0 Å². The lowest BCUT2D eigenvalue weighted by atomic mass is 9.83. The van der Waals surface area contributed by atoms with Gasteiger partial charge in [0.15, 0.2) is 0 Å². The minimum atomic E-state index is -0.0585. The molecule has 0 bridgehead atoms. The number of urea groups is 1. The van der Waals surface area contributed by atoms with Gasteiger partial charge in [-0.25, -0.2) is 4.79 Å². The molecule has 1 heterocycles. The van der Waals surface area contributed by atoms with Gasteiger partial charge in [-0.2, -0.15) is 0 Å². The molecule has 0 spiro atoms. The van der Waals surface area contributed by atoms with Gasteiger partial charge in [0.1, 0.15) is 0 Å².